The van der Waals surface area contributed by atoms with Gasteiger partial charge in [0.25, 0.3) is 0 Å². The van der Waals surface area contributed by atoms with E-state index in [1.807, 2.05) is 0 Å². The van der Waals surface area contributed by atoms with E-state index in [4.69, 9.17) is 5.73 Å². The predicted octanol–water partition coefficient (Wildman–Crippen LogP) is 2.66. The molecule has 0 aromatic carbocycles. The Bertz CT molecular complexity index is 662. The molecular weight excluding hydrogens is 306 g/mol. The Hall–Kier alpha value is -2.20. The third kappa shape index (κ3) is 2.95. The lowest BCUT2D eigenvalue weighted by Gasteiger charge is -2.18. The summed E-state index contributed by atoms with van der Waals surface area (Å²) < 4.78 is 80.7. The highest BCUT2D eigenvalue weighted by atomic mass is 19.4. The Labute approximate surface area is 113 Å². The van der Waals surface area contributed by atoms with Crippen LogP contribution in [0.1, 0.15) is 12.5 Å². The van der Waals surface area contributed by atoms with Crippen LogP contribution < -0.4 is 10.5 Å². The van der Waals surface area contributed by atoms with Crippen LogP contribution in [0.15, 0.2) is 12.1 Å². The van der Waals surface area contributed by atoms with Gasteiger partial charge in [0, 0.05) is 6.07 Å². The maximum absolute atomic E-state index is 12.8. The van der Waals surface area contributed by atoms with E-state index in [-0.39, 0.29) is 0 Å². The number of aromatic nitrogens is 3. The number of alkyl halides is 6. The Morgan fingerprint density at radius 3 is 2.33 bits per heavy atom. The lowest BCUT2D eigenvalue weighted by molar-refractivity contribution is -0.190. The second-order valence-corrected chi connectivity index (χ2v) is 4.09. The van der Waals surface area contributed by atoms with Gasteiger partial charge in [-0.3, -0.25) is 0 Å². The topological polar surface area (TPSA) is 65.4 Å². The SMILES string of the molecule is C[C@H](Oc1ccc(C(F)(F)F)c2nc(N)nn12)C(F)(F)F. The summed E-state index contributed by atoms with van der Waals surface area (Å²) in [7, 11) is 0. The number of ether oxygens (including phenoxy) is 1. The number of pyridine rings is 1. The van der Waals surface area contributed by atoms with Crippen molar-refractivity contribution in [3.05, 3.63) is 17.7 Å². The molecule has 11 heteroatoms. The lowest BCUT2D eigenvalue weighted by Crippen LogP contribution is -2.31. The summed E-state index contributed by atoms with van der Waals surface area (Å²) in [6, 6.07) is 1.29. The molecule has 2 rings (SSSR count). The summed E-state index contributed by atoms with van der Waals surface area (Å²) in [5.74, 6) is -1.07. The first kappa shape index (κ1) is 15.2. The number of nitrogens with zero attached hydrogens (tertiary/aromatic N) is 3. The largest absolute Gasteiger partial charge is 0.465 e. The maximum atomic E-state index is 12.8. The Morgan fingerprint density at radius 2 is 1.81 bits per heavy atom. The molecule has 0 saturated carbocycles. The first-order chi connectivity index (χ1) is 9.50. The van der Waals surface area contributed by atoms with Crippen molar-refractivity contribution in [3.63, 3.8) is 0 Å². The van der Waals surface area contributed by atoms with Crippen molar-refractivity contribution < 1.29 is 31.1 Å². The van der Waals surface area contributed by atoms with Gasteiger partial charge >= 0.3 is 12.4 Å². The van der Waals surface area contributed by atoms with Crippen LogP contribution in [0.5, 0.6) is 5.88 Å². The van der Waals surface area contributed by atoms with E-state index in [1.54, 1.807) is 0 Å². The molecule has 0 aliphatic rings. The van der Waals surface area contributed by atoms with E-state index in [2.05, 4.69) is 14.8 Å². The van der Waals surface area contributed by atoms with Crippen LogP contribution in [0.2, 0.25) is 0 Å². The highest BCUT2D eigenvalue weighted by Crippen LogP contribution is 2.34. The van der Waals surface area contributed by atoms with E-state index < -0.39 is 41.5 Å². The fourth-order valence-electron chi connectivity index (χ4n) is 1.51. The van der Waals surface area contributed by atoms with Crippen LogP contribution in [0.4, 0.5) is 32.3 Å². The molecule has 0 fully saturated rings. The van der Waals surface area contributed by atoms with Crippen molar-refractivity contribution in [3.8, 4) is 5.88 Å². The fourth-order valence-corrected chi connectivity index (χ4v) is 1.51. The molecule has 0 radical (unpaired) electrons. The summed E-state index contributed by atoms with van der Waals surface area (Å²) in [5, 5.41) is 3.41. The summed E-state index contributed by atoms with van der Waals surface area (Å²) in [4.78, 5) is 3.36. The van der Waals surface area contributed by atoms with Gasteiger partial charge in [-0.15, -0.1) is 5.10 Å². The van der Waals surface area contributed by atoms with Gasteiger partial charge in [0.15, 0.2) is 11.8 Å². The van der Waals surface area contributed by atoms with Crippen LogP contribution in [0, 0.1) is 0 Å². The fraction of sp³-hybridized carbons (Fsp3) is 0.400. The van der Waals surface area contributed by atoms with Gasteiger partial charge in [-0.05, 0) is 13.0 Å². The van der Waals surface area contributed by atoms with E-state index in [0.29, 0.717) is 17.5 Å². The summed E-state index contributed by atoms with van der Waals surface area (Å²) in [6.07, 6.45) is -11.7. The molecule has 0 bridgehead atoms. The zero-order valence-corrected chi connectivity index (χ0v) is 10.3. The third-order valence-corrected chi connectivity index (χ3v) is 2.53. The summed E-state index contributed by atoms with van der Waals surface area (Å²) >= 11 is 0. The standard InChI is InChI=1S/C10H8F6N4O/c1-4(9(11,12)13)21-6-3-2-5(10(14,15)16)7-18-8(17)19-20(6)7/h2-4H,1H3,(H2,17,19)/t4-/m0/s1. The number of halogens is 6. The van der Waals surface area contributed by atoms with E-state index in [0.717, 1.165) is 6.07 Å². The smallest absolute Gasteiger partial charge is 0.425 e. The minimum Gasteiger partial charge on any atom is -0.465 e. The Morgan fingerprint density at radius 1 is 1.19 bits per heavy atom. The van der Waals surface area contributed by atoms with Gasteiger partial charge in [-0.25, -0.2) is 0 Å². The molecule has 116 valence electrons. The molecule has 2 aromatic heterocycles. The van der Waals surface area contributed by atoms with Crippen LogP contribution >= 0.6 is 0 Å². The Balaban J connectivity index is 2.53. The monoisotopic (exact) mass is 314 g/mol. The molecule has 0 saturated heterocycles. The van der Waals surface area contributed by atoms with Gasteiger partial charge in [0.1, 0.15) is 5.56 Å². The van der Waals surface area contributed by atoms with Crippen molar-refractivity contribution in [1.82, 2.24) is 14.6 Å². The summed E-state index contributed by atoms with van der Waals surface area (Å²) in [6.45, 7) is 0.712. The lowest BCUT2D eigenvalue weighted by atomic mass is 10.2. The number of nitrogen functional groups attached to an aromatic ring is 1. The average molecular weight is 314 g/mol. The third-order valence-electron chi connectivity index (χ3n) is 2.53. The van der Waals surface area contributed by atoms with Gasteiger partial charge in [0.2, 0.25) is 11.8 Å². The number of hydrogen-bond acceptors (Lipinski definition) is 4. The Kier molecular flexibility index (Phi) is 3.38. The van der Waals surface area contributed by atoms with Crippen LogP contribution in [0.25, 0.3) is 5.65 Å². The summed E-state index contributed by atoms with van der Waals surface area (Å²) in [5.41, 5.74) is 3.29. The average Bonchev–Trinajstić information content (AvgIpc) is 2.67. The molecule has 0 aliphatic heterocycles. The maximum Gasteiger partial charge on any atom is 0.425 e. The predicted molar refractivity (Wildman–Crippen MR) is 58.5 cm³/mol. The second-order valence-electron chi connectivity index (χ2n) is 4.09. The molecule has 2 aromatic rings. The molecule has 0 aliphatic carbocycles. The zero-order chi connectivity index (χ0) is 16.0. The van der Waals surface area contributed by atoms with Crippen molar-refractivity contribution in [2.24, 2.45) is 0 Å². The number of anilines is 1. The highest BCUT2D eigenvalue weighted by Gasteiger charge is 2.39. The molecule has 21 heavy (non-hydrogen) atoms. The molecule has 0 spiro atoms. The number of fused-ring (bicyclic) bond motifs is 1. The normalized spacial score (nSPS) is 14.4. The van der Waals surface area contributed by atoms with Crippen molar-refractivity contribution in [2.45, 2.75) is 25.4 Å². The molecule has 5 nitrogen and oxygen atoms in total. The molecule has 0 amide bonds. The van der Waals surface area contributed by atoms with E-state index in [9.17, 15) is 26.3 Å². The van der Waals surface area contributed by atoms with E-state index in [1.165, 1.54) is 0 Å². The zero-order valence-electron chi connectivity index (χ0n) is 10.3. The van der Waals surface area contributed by atoms with Crippen LogP contribution in [-0.4, -0.2) is 26.9 Å². The quantitative estimate of drug-likeness (QED) is 0.866. The minimum absolute atomic E-state index is 0.487. The van der Waals surface area contributed by atoms with E-state index >= 15 is 0 Å². The number of hydrogen-bond donors (Lipinski definition) is 1. The van der Waals surface area contributed by atoms with Gasteiger partial charge < -0.3 is 10.5 Å². The molecule has 2 N–H and O–H groups in total. The van der Waals surface area contributed by atoms with Gasteiger partial charge in [-0.2, -0.15) is 35.8 Å². The van der Waals surface area contributed by atoms with Crippen LogP contribution in [0.3, 0.4) is 0 Å². The first-order valence-corrected chi connectivity index (χ1v) is 5.46. The molecular formula is C10H8F6N4O. The first-order valence-electron chi connectivity index (χ1n) is 5.46. The van der Waals surface area contributed by atoms with Crippen molar-refractivity contribution in [2.75, 3.05) is 5.73 Å². The van der Waals surface area contributed by atoms with Crippen LogP contribution in [-0.2, 0) is 6.18 Å². The number of nitrogens with two attached hydrogens (primary N) is 1. The molecule has 2 heterocycles. The molecule has 1 atom stereocenters. The minimum atomic E-state index is -4.76. The van der Waals surface area contributed by atoms with Crippen molar-refractivity contribution >= 4 is 11.6 Å². The van der Waals surface area contributed by atoms with Crippen molar-refractivity contribution in [1.29, 1.82) is 0 Å². The second kappa shape index (κ2) is 4.67. The molecule has 0 unspecified atom stereocenters. The highest BCUT2D eigenvalue weighted by molar-refractivity contribution is 5.53. The van der Waals surface area contributed by atoms with Gasteiger partial charge in [0.05, 0.1) is 0 Å². The number of rotatable bonds is 2. The van der Waals surface area contributed by atoms with Gasteiger partial charge in [-0.1, -0.05) is 0 Å².